The summed E-state index contributed by atoms with van der Waals surface area (Å²) >= 11 is 0. The number of hydrogen-bond donors (Lipinski definition) is 0. The fourth-order valence-electron chi connectivity index (χ4n) is 14.5. The first-order chi connectivity index (χ1) is 42.6. The van der Waals surface area contributed by atoms with Gasteiger partial charge in [0.15, 0.2) is 0 Å². The van der Waals surface area contributed by atoms with Crippen molar-refractivity contribution >= 4 is 86.2 Å². The minimum absolute atomic E-state index is 0.00329. The van der Waals surface area contributed by atoms with Crippen LogP contribution in [0, 0.1) is 0 Å². The highest BCUT2D eigenvalue weighted by Gasteiger charge is 2.28. The van der Waals surface area contributed by atoms with Crippen LogP contribution in [0.4, 0.5) is 0 Å². The molecule has 13 aromatic rings. The van der Waals surface area contributed by atoms with Crippen LogP contribution >= 0.6 is 0 Å². The molecule has 0 saturated heterocycles. The molecule has 0 nitrogen and oxygen atoms in total. The summed E-state index contributed by atoms with van der Waals surface area (Å²) in [7, 11) is 0. The summed E-state index contributed by atoms with van der Waals surface area (Å²) in [6.07, 6.45) is 0. The quantitative estimate of drug-likeness (QED) is 0.122. The molecule has 468 valence electrons. The van der Waals surface area contributed by atoms with Crippen LogP contribution in [0.2, 0.25) is 0 Å². The van der Waals surface area contributed by atoms with Crippen LogP contribution in [0.1, 0.15) is 211 Å². The molecule has 0 unspecified atom stereocenters. The molecule has 0 aliphatic heterocycles. The van der Waals surface area contributed by atoms with Crippen LogP contribution in [-0.2, 0) is 43.3 Å². The zero-order valence-corrected chi connectivity index (χ0v) is 60.2. The van der Waals surface area contributed by atoms with Gasteiger partial charge in [-0.1, -0.05) is 263 Å². The molecule has 0 heterocycles. The summed E-state index contributed by atoms with van der Waals surface area (Å²) in [6.45, 7) is 56.5. The average Bonchev–Trinajstić information content (AvgIpc) is 0.702. The molecule has 0 saturated carbocycles. The van der Waals surface area contributed by atoms with Crippen molar-refractivity contribution < 1.29 is 0 Å². The SMILES string of the molecule is CC(C)(C)c1ccc2c(-c3cc4cc(-c5cc(C(C)(C)C)cc6cc(C(C)(C)C)ccc56)cc5c6cc(-c7cc(C(C)(C)C)cc8cc(C(C)(C)C)ccc78)cc7cc(-c8cc(C(C)(C)C)cc9cc(C(C)(C)C)ccc89)cc(c(c3)c45)c76)cc(C(C)(C)C)cc2c1. The van der Waals surface area contributed by atoms with Crippen LogP contribution in [-0.4, -0.2) is 0 Å². The molecule has 0 aliphatic carbocycles. The molecule has 0 amide bonds. The van der Waals surface area contributed by atoms with Crippen molar-refractivity contribution in [2.75, 3.05) is 0 Å². The van der Waals surface area contributed by atoms with Crippen LogP contribution < -0.4 is 0 Å². The smallest absolute Gasteiger partial charge is 0.00255 e. The second-order valence-corrected chi connectivity index (χ2v) is 36.1. The van der Waals surface area contributed by atoms with Gasteiger partial charge in [0, 0.05) is 0 Å². The molecule has 0 heteroatoms. The van der Waals surface area contributed by atoms with Crippen molar-refractivity contribution in [2.24, 2.45) is 0 Å². The Morgan fingerprint density at radius 2 is 0.326 bits per heavy atom. The Bertz CT molecular complexity index is 4510. The van der Waals surface area contributed by atoms with Gasteiger partial charge >= 0.3 is 0 Å². The van der Waals surface area contributed by atoms with Crippen LogP contribution in [0.5, 0.6) is 0 Å². The summed E-state index contributed by atoms with van der Waals surface area (Å²) in [6, 6.07) is 69.7. The minimum atomic E-state index is -0.0835. The summed E-state index contributed by atoms with van der Waals surface area (Å²) < 4.78 is 0. The van der Waals surface area contributed by atoms with E-state index in [1.54, 1.807) is 0 Å². The Balaban J connectivity index is 1.25. The van der Waals surface area contributed by atoms with Crippen molar-refractivity contribution in [3.63, 3.8) is 0 Å². The van der Waals surface area contributed by atoms with Crippen LogP contribution in [0.25, 0.3) is 131 Å². The van der Waals surface area contributed by atoms with Gasteiger partial charge in [-0.2, -0.15) is 0 Å². The topological polar surface area (TPSA) is 0 Å². The average molecular weight is 1210 g/mol. The molecule has 92 heavy (non-hydrogen) atoms. The van der Waals surface area contributed by atoms with Crippen molar-refractivity contribution in [1.29, 1.82) is 0 Å². The van der Waals surface area contributed by atoms with Gasteiger partial charge in [-0.25, -0.2) is 0 Å². The molecule has 0 atom stereocenters. The van der Waals surface area contributed by atoms with Gasteiger partial charge in [0.1, 0.15) is 0 Å². The van der Waals surface area contributed by atoms with Gasteiger partial charge < -0.3 is 0 Å². The summed E-state index contributed by atoms with van der Waals surface area (Å²) in [5.41, 5.74) is 20.5. The second kappa shape index (κ2) is 20.9. The van der Waals surface area contributed by atoms with E-state index in [0.29, 0.717) is 0 Å². The molecule has 0 bridgehead atoms. The lowest BCUT2D eigenvalue weighted by molar-refractivity contribution is 0.589. The zero-order valence-electron chi connectivity index (χ0n) is 60.2. The first-order valence-corrected chi connectivity index (χ1v) is 34.2. The lowest BCUT2D eigenvalue weighted by Crippen LogP contribution is -2.12. The summed E-state index contributed by atoms with van der Waals surface area (Å²) in [4.78, 5) is 0. The first-order valence-electron chi connectivity index (χ1n) is 34.2. The molecular formula is C92H100. The lowest BCUT2D eigenvalue weighted by Gasteiger charge is -2.26. The van der Waals surface area contributed by atoms with Crippen LogP contribution in [0.3, 0.4) is 0 Å². The first kappa shape index (κ1) is 63.0. The van der Waals surface area contributed by atoms with E-state index in [0.717, 1.165) is 0 Å². The van der Waals surface area contributed by atoms with E-state index in [2.05, 4.69) is 336 Å². The van der Waals surface area contributed by atoms with E-state index in [1.807, 2.05) is 0 Å². The maximum Gasteiger partial charge on any atom is -0.00255 e. The molecule has 0 fully saturated rings. The Hall–Kier alpha value is -7.80. The Morgan fingerprint density at radius 3 is 0.500 bits per heavy atom. The summed E-state index contributed by atoms with van der Waals surface area (Å²) in [5, 5.41) is 20.6. The third kappa shape index (κ3) is 11.2. The van der Waals surface area contributed by atoms with Gasteiger partial charge in [0.25, 0.3) is 0 Å². The number of hydrogen-bond acceptors (Lipinski definition) is 0. The highest BCUT2D eigenvalue weighted by molar-refractivity contribution is 6.35. The Kier molecular flexibility index (Phi) is 14.3. The molecule has 13 aromatic carbocycles. The predicted octanol–water partition coefficient (Wildman–Crippen LogP) is 27.4. The lowest BCUT2D eigenvalue weighted by atomic mass is 9.78. The molecule has 0 N–H and O–H groups in total. The van der Waals surface area contributed by atoms with Gasteiger partial charge in [-0.15, -0.1) is 0 Å². The molecular weight excluding hydrogens is 1110 g/mol. The molecule has 0 aromatic heterocycles. The van der Waals surface area contributed by atoms with Gasteiger partial charge in [-0.3, -0.25) is 0 Å². The standard InChI is InChI=1S/C92H100/c1-85(2,3)63-25-29-71-57(37-63)41-67(89(13,14)15)49-75(71)53-33-61-34-54(76-50-68(90(16,17)18)42-58-38-64(86(4,5)6)26-30-72(58)76)47-81-82-48-56(78-52-70(92(22,23)24)44-60-40-66(88(10,11)12)28-32-74(60)78)36-62-35-55(46-80(84(62)82)79(45-53)83(61)81)77-51-69(91(19,20)21)43-59-39-65(87(7,8)9)27-31-73(59)77/h25-52H,1-24H3. The second-order valence-electron chi connectivity index (χ2n) is 36.1. The minimum Gasteiger partial charge on any atom is -0.0578 e. The fraction of sp³-hybridized carbons (Fsp3) is 0.348. The van der Waals surface area contributed by atoms with Crippen molar-refractivity contribution in [3.05, 3.63) is 214 Å². The summed E-state index contributed by atoms with van der Waals surface area (Å²) in [5.74, 6) is 0. The van der Waals surface area contributed by atoms with Gasteiger partial charge in [0.05, 0.1) is 0 Å². The predicted molar refractivity (Wildman–Crippen MR) is 409 cm³/mol. The van der Waals surface area contributed by atoms with E-state index in [4.69, 9.17) is 0 Å². The van der Waals surface area contributed by atoms with Crippen molar-refractivity contribution in [2.45, 2.75) is 209 Å². The Morgan fingerprint density at radius 1 is 0.152 bits per heavy atom. The highest BCUT2D eigenvalue weighted by Crippen LogP contribution is 2.51. The number of rotatable bonds is 4. The number of benzene rings is 13. The van der Waals surface area contributed by atoms with Crippen molar-refractivity contribution in [3.8, 4) is 44.5 Å². The molecule has 0 radical (unpaired) electrons. The third-order valence-electron chi connectivity index (χ3n) is 20.7. The normalized spacial score (nSPS) is 13.7. The zero-order chi connectivity index (χ0) is 66.3. The van der Waals surface area contributed by atoms with Crippen molar-refractivity contribution in [1.82, 2.24) is 0 Å². The van der Waals surface area contributed by atoms with E-state index in [1.165, 1.54) is 175 Å². The maximum atomic E-state index is 2.59. The highest BCUT2D eigenvalue weighted by atomic mass is 14.3. The van der Waals surface area contributed by atoms with Gasteiger partial charge in [-0.05, 0) is 291 Å². The Labute approximate surface area is 551 Å². The van der Waals surface area contributed by atoms with E-state index >= 15 is 0 Å². The van der Waals surface area contributed by atoms with Crippen LogP contribution in [0.15, 0.2) is 170 Å². The van der Waals surface area contributed by atoms with E-state index in [9.17, 15) is 0 Å². The van der Waals surface area contributed by atoms with E-state index < -0.39 is 0 Å². The fourth-order valence-corrected chi connectivity index (χ4v) is 14.5. The number of fused-ring (bicyclic) bond motifs is 6. The largest absolute Gasteiger partial charge is 0.0578 e. The maximum absolute atomic E-state index is 2.59. The molecule has 0 aliphatic rings. The third-order valence-corrected chi connectivity index (χ3v) is 20.7. The molecule has 13 rings (SSSR count). The van der Waals surface area contributed by atoms with E-state index in [-0.39, 0.29) is 43.3 Å². The van der Waals surface area contributed by atoms with Gasteiger partial charge in [0.2, 0.25) is 0 Å². The monoisotopic (exact) mass is 1200 g/mol. The molecule has 0 spiro atoms.